The van der Waals surface area contributed by atoms with E-state index in [1.54, 1.807) is 12.1 Å². The molecule has 2 rings (SSSR count). The van der Waals surface area contributed by atoms with Gasteiger partial charge in [0.2, 0.25) is 0 Å². The maximum atomic E-state index is 9.14. The zero-order valence-electron chi connectivity index (χ0n) is 7.06. The molecular formula is C9H12ClNO2. The van der Waals surface area contributed by atoms with E-state index in [1.165, 1.54) is 0 Å². The number of fused-ring (bicyclic) bond motifs is 1. The Kier molecular flexibility index (Phi) is 3.01. The van der Waals surface area contributed by atoms with Crippen LogP contribution < -0.4 is 10.5 Å². The van der Waals surface area contributed by atoms with Gasteiger partial charge in [-0.05, 0) is 18.1 Å². The van der Waals surface area contributed by atoms with E-state index in [0.717, 1.165) is 17.7 Å². The third-order valence-corrected chi connectivity index (χ3v) is 1.99. The quantitative estimate of drug-likeness (QED) is 0.661. The number of benzene rings is 1. The highest BCUT2D eigenvalue weighted by Gasteiger charge is 2.16. The fourth-order valence-corrected chi connectivity index (χ4v) is 1.38. The average Bonchev–Trinajstić information content (AvgIpc) is 2.05. The SMILES string of the molecule is Cl.NC1COc2cc(O)ccc2C1. The summed E-state index contributed by atoms with van der Waals surface area (Å²) in [4.78, 5) is 0. The van der Waals surface area contributed by atoms with Crippen LogP contribution in [0.5, 0.6) is 11.5 Å². The van der Waals surface area contributed by atoms with Gasteiger partial charge < -0.3 is 15.6 Å². The van der Waals surface area contributed by atoms with Gasteiger partial charge in [0.15, 0.2) is 0 Å². The molecule has 3 nitrogen and oxygen atoms in total. The number of phenolic OH excluding ortho intramolecular Hbond substituents is 1. The Morgan fingerprint density at radius 1 is 1.46 bits per heavy atom. The van der Waals surface area contributed by atoms with Crippen molar-refractivity contribution < 1.29 is 9.84 Å². The van der Waals surface area contributed by atoms with E-state index in [9.17, 15) is 0 Å². The Labute approximate surface area is 82.9 Å². The lowest BCUT2D eigenvalue weighted by Crippen LogP contribution is -2.33. The first-order valence-electron chi connectivity index (χ1n) is 3.96. The first kappa shape index (κ1) is 10.2. The van der Waals surface area contributed by atoms with Crippen LogP contribution >= 0.6 is 12.4 Å². The van der Waals surface area contributed by atoms with Crippen molar-refractivity contribution in [3.8, 4) is 11.5 Å². The summed E-state index contributed by atoms with van der Waals surface area (Å²) >= 11 is 0. The molecule has 1 atom stereocenters. The predicted molar refractivity (Wildman–Crippen MR) is 52.5 cm³/mol. The van der Waals surface area contributed by atoms with Gasteiger partial charge in [-0.1, -0.05) is 6.07 Å². The van der Waals surface area contributed by atoms with Crippen LogP contribution in [-0.4, -0.2) is 17.8 Å². The molecule has 0 amide bonds. The molecule has 0 saturated heterocycles. The van der Waals surface area contributed by atoms with Gasteiger partial charge in [0.1, 0.15) is 18.1 Å². The lowest BCUT2D eigenvalue weighted by molar-refractivity contribution is 0.262. The molecule has 0 radical (unpaired) electrons. The lowest BCUT2D eigenvalue weighted by Gasteiger charge is -2.22. The molecule has 0 fully saturated rings. The second-order valence-corrected chi connectivity index (χ2v) is 3.07. The van der Waals surface area contributed by atoms with E-state index in [1.807, 2.05) is 6.07 Å². The molecule has 3 N–H and O–H groups in total. The topological polar surface area (TPSA) is 55.5 Å². The molecule has 4 heteroatoms. The number of phenols is 1. The second kappa shape index (κ2) is 3.85. The van der Waals surface area contributed by atoms with Crippen LogP contribution in [0.1, 0.15) is 5.56 Å². The zero-order valence-corrected chi connectivity index (χ0v) is 7.88. The third kappa shape index (κ3) is 2.05. The summed E-state index contributed by atoms with van der Waals surface area (Å²) in [6, 6.07) is 5.22. The monoisotopic (exact) mass is 201 g/mol. The van der Waals surface area contributed by atoms with Crippen molar-refractivity contribution in [3.05, 3.63) is 23.8 Å². The van der Waals surface area contributed by atoms with Crippen LogP contribution in [0.2, 0.25) is 0 Å². The number of rotatable bonds is 0. The van der Waals surface area contributed by atoms with E-state index in [2.05, 4.69) is 0 Å². The van der Waals surface area contributed by atoms with Crippen molar-refractivity contribution in [3.63, 3.8) is 0 Å². The Hall–Kier alpha value is -0.930. The van der Waals surface area contributed by atoms with Crippen LogP contribution in [0.4, 0.5) is 0 Å². The Morgan fingerprint density at radius 3 is 3.00 bits per heavy atom. The lowest BCUT2D eigenvalue weighted by atomic mass is 10.0. The summed E-state index contributed by atoms with van der Waals surface area (Å²) in [6.07, 6.45) is 0.829. The van der Waals surface area contributed by atoms with E-state index in [0.29, 0.717) is 6.61 Å². The second-order valence-electron chi connectivity index (χ2n) is 3.07. The van der Waals surface area contributed by atoms with Crippen molar-refractivity contribution in [2.24, 2.45) is 5.73 Å². The molecule has 1 aromatic rings. The summed E-state index contributed by atoms with van der Waals surface area (Å²) in [5.41, 5.74) is 6.78. The summed E-state index contributed by atoms with van der Waals surface area (Å²) in [5.74, 6) is 1.00. The normalized spacial score (nSPS) is 19.6. The molecule has 0 aromatic heterocycles. The number of nitrogens with two attached hydrogens (primary N) is 1. The van der Waals surface area contributed by atoms with Gasteiger partial charge in [0.25, 0.3) is 0 Å². The molecule has 72 valence electrons. The zero-order chi connectivity index (χ0) is 8.55. The minimum Gasteiger partial charge on any atom is -0.508 e. The Morgan fingerprint density at radius 2 is 2.23 bits per heavy atom. The van der Waals surface area contributed by atoms with Crippen LogP contribution in [0, 0.1) is 0 Å². The molecule has 1 aromatic carbocycles. The van der Waals surface area contributed by atoms with Crippen molar-refractivity contribution in [1.29, 1.82) is 0 Å². The summed E-state index contributed by atoms with van der Waals surface area (Å²) in [7, 11) is 0. The molecule has 1 aliphatic rings. The van der Waals surface area contributed by atoms with Crippen LogP contribution in [0.3, 0.4) is 0 Å². The van der Waals surface area contributed by atoms with Crippen LogP contribution in [0.15, 0.2) is 18.2 Å². The molecule has 0 saturated carbocycles. The summed E-state index contributed by atoms with van der Waals surface area (Å²) in [5, 5.41) is 9.14. The smallest absolute Gasteiger partial charge is 0.126 e. The van der Waals surface area contributed by atoms with Gasteiger partial charge in [-0.15, -0.1) is 12.4 Å². The number of aromatic hydroxyl groups is 1. The summed E-state index contributed by atoms with van der Waals surface area (Å²) in [6.45, 7) is 0.538. The maximum Gasteiger partial charge on any atom is 0.126 e. The fraction of sp³-hybridized carbons (Fsp3) is 0.333. The molecule has 1 aliphatic heterocycles. The molecule has 1 unspecified atom stereocenters. The van der Waals surface area contributed by atoms with Crippen molar-refractivity contribution in [1.82, 2.24) is 0 Å². The van der Waals surface area contributed by atoms with Crippen molar-refractivity contribution in [2.45, 2.75) is 12.5 Å². The highest BCUT2D eigenvalue weighted by atomic mass is 35.5. The predicted octanol–water partition coefficient (Wildman–Crippen LogP) is 1.08. The highest BCUT2D eigenvalue weighted by molar-refractivity contribution is 5.85. The molecule has 0 aliphatic carbocycles. The van der Waals surface area contributed by atoms with Crippen LogP contribution in [-0.2, 0) is 6.42 Å². The number of hydrogen-bond acceptors (Lipinski definition) is 3. The number of hydrogen-bond donors (Lipinski definition) is 2. The van der Waals surface area contributed by atoms with Crippen molar-refractivity contribution >= 4 is 12.4 Å². The van der Waals surface area contributed by atoms with Gasteiger partial charge in [-0.3, -0.25) is 0 Å². The van der Waals surface area contributed by atoms with E-state index < -0.39 is 0 Å². The molecule has 0 spiro atoms. The van der Waals surface area contributed by atoms with Gasteiger partial charge >= 0.3 is 0 Å². The standard InChI is InChI=1S/C9H11NO2.ClH/c10-7-3-6-1-2-8(11)4-9(6)12-5-7;/h1-2,4,7,11H,3,5,10H2;1H. The maximum absolute atomic E-state index is 9.14. The fourth-order valence-electron chi connectivity index (χ4n) is 1.38. The first-order chi connectivity index (χ1) is 5.75. The molecule has 1 heterocycles. The molecule has 13 heavy (non-hydrogen) atoms. The van der Waals surface area contributed by atoms with Gasteiger partial charge in [0.05, 0.1) is 0 Å². The van der Waals surface area contributed by atoms with E-state index >= 15 is 0 Å². The number of ether oxygens (including phenoxy) is 1. The summed E-state index contributed by atoms with van der Waals surface area (Å²) < 4.78 is 5.33. The molecule has 0 bridgehead atoms. The Bertz CT molecular complexity index is 304. The average molecular weight is 202 g/mol. The molecular weight excluding hydrogens is 190 g/mol. The van der Waals surface area contributed by atoms with Gasteiger partial charge in [0, 0.05) is 12.1 Å². The van der Waals surface area contributed by atoms with Crippen molar-refractivity contribution in [2.75, 3.05) is 6.61 Å². The van der Waals surface area contributed by atoms with Crippen LogP contribution in [0.25, 0.3) is 0 Å². The largest absolute Gasteiger partial charge is 0.508 e. The third-order valence-electron chi connectivity index (χ3n) is 1.99. The minimum absolute atomic E-state index is 0. The first-order valence-corrected chi connectivity index (χ1v) is 3.96. The Balaban J connectivity index is 0.000000845. The van der Waals surface area contributed by atoms with E-state index in [4.69, 9.17) is 15.6 Å². The minimum atomic E-state index is 0. The van der Waals surface area contributed by atoms with E-state index in [-0.39, 0.29) is 24.2 Å². The highest BCUT2D eigenvalue weighted by Crippen LogP contribution is 2.27. The van der Waals surface area contributed by atoms with Gasteiger partial charge in [-0.2, -0.15) is 0 Å². The number of halogens is 1. The van der Waals surface area contributed by atoms with Gasteiger partial charge in [-0.25, -0.2) is 0 Å².